The zero-order valence-electron chi connectivity index (χ0n) is 13.5. The van der Waals surface area contributed by atoms with Crippen LogP contribution < -0.4 is 5.32 Å². The molecule has 2 heterocycles. The molecule has 1 fully saturated rings. The van der Waals surface area contributed by atoms with Gasteiger partial charge in [0.15, 0.2) is 0 Å². The second-order valence-corrected chi connectivity index (χ2v) is 7.41. The van der Waals surface area contributed by atoms with Crippen molar-refractivity contribution in [2.24, 2.45) is 0 Å². The van der Waals surface area contributed by atoms with Gasteiger partial charge in [-0.15, -0.1) is 11.3 Å². The predicted molar refractivity (Wildman–Crippen MR) is 88.7 cm³/mol. The van der Waals surface area contributed by atoms with E-state index in [-0.39, 0.29) is 12.5 Å². The third-order valence-electron chi connectivity index (χ3n) is 4.37. The fourth-order valence-electron chi connectivity index (χ4n) is 2.98. The lowest BCUT2D eigenvalue weighted by atomic mass is 10.0. The Hall–Kier alpha value is -1.66. The van der Waals surface area contributed by atoms with Crippen molar-refractivity contribution in [1.82, 2.24) is 10.3 Å². The monoisotopic (exact) mass is 334 g/mol. The van der Waals surface area contributed by atoms with Crippen molar-refractivity contribution in [3.05, 3.63) is 39.7 Å². The number of hydrogen-bond acceptors (Lipinski definition) is 5. The van der Waals surface area contributed by atoms with Crippen LogP contribution in [0.5, 0.6) is 0 Å². The number of amides is 1. The van der Waals surface area contributed by atoms with Gasteiger partial charge in [-0.3, -0.25) is 4.79 Å². The summed E-state index contributed by atoms with van der Waals surface area (Å²) in [4.78, 5) is 17.7. The van der Waals surface area contributed by atoms with Crippen LogP contribution in [0.2, 0.25) is 0 Å². The summed E-state index contributed by atoms with van der Waals surface area (Å²) in [6, 6.07) is 3.41. The van der Waals surface area contributed by atoms with Crippen LogP contribution in [0.25, 0.3) is 0 Å². The molecule has 1 unspecified atom stereocenters. The van der Waals surface area contributed by atoms with Crippen molar-refractivity contribution < 1.29 is 14.3 Å². The summed E-state index contributed by atoms with van der Waals surface area (Å²) >= 11 is 1.48. The summed E-state index contributed by atoms with van der Waals surface area (Å²) in [5, 5.41) is 14.3. The van der Waals surface area contributed by atoms with Gasteiger partial charge in [0, 0.05) is 5.92 Å². The molecule has 0 saturated heterocycles. The molecule has 1 atom stereocenters. The second-order valence-electron chi connectivity index (χ2n) is 6.38. The van der Waals surface area contributed by atoms with Gasteiger partial charge in [-0.1, -0.05) is 12.8 Å². The van der Waals surface area contributed by atoms with Crippen LogP contribution in [0.1, 0.15) is 64.7 Å². The van der Waals surface area contributed by atoms with Crippen LogP contribution in [0, 0.1) is 6.92 Å². The standard InChI is InChI=1S/C17H22N2O3S/c1-11-14(23-16(19-11)12-6-3-4-7-12)15(20)18-10-17(2,21)13-8-5-9-22-13/h5,8-9,12,21H,3-4,6-7,10H2,1-2H3,(H,18,20). The molecular formula is C17H22N2O3S. The van der Waals surface area contributed by atoms with E-state index in [4.69, 9.17) is 4.42 Å². The van der Waals surface area contributed by atoms with E-state index in [1.165, 1.54) is 43.3 Å². The Morgan fingerprint density at radius 3 is 2.91 bits per heavy atom. The highest BCUT2D eigenvalue weighted by Gasteiger charge is 2.28. The minimum absolute atomic E-state index is 0.0927. The van der Waals surface area contributed by atoms with Crippen LogP contribution in [-0.2, 0) is 5.60 Å². The zero-order valence-corrected chi connectivity index (χ0v) is 14.3. The molecule has 1 saturated carbocycles. The lowest BCUT2D eigenvalue weighted by Gasteiger charge is -2.20. The highest BCUT2D eigenvalue weighted by molar-refractivity contribution is 7.13. The van der Waals surface area contributed by atoms with Gasteiger partial charge in [-0.2, -0.15) is 0 Å². The number of carbonyl (C=O) groups is 1. The van der Waals surface area contributed by atoms with E-state index in [9.17, 15) is 9.90 Å². The molecule has 2 aromatic rings. The molecule has 0 radical (unpaired) electrons. The summed E-state index contributed by atoms with van der Waals surface area (Å²) in [6.45, 7) is 3.58. The number of aromatic nitrogens is 1. The van der Waals surface area contributed by atoms with Gasteiger partial charge >= 0.3 is 0 Å². The third-order valence-corrected chi connectivity index (χ3v) is 5.69. The molecule has 124 valence electrons. The lowest BCUT2D eigenvalue weighted by molar-refractivity contribution is 0.0331. The Bertz CT molecular complexity index is 670. The minimum atomic E-state index is -1.23. The maximum Gasteiger partial charge on any atom is 0.263 e. The van der Waals surface area contributed by atoms with E-state index in [2.05, 4.69) is 10.3 Å². The minimum Gasteiger partial charge on any atom is -0.466 e. The van der Waals surface area contributed by atoms with E-state index >= 15 is 0 Å². The first-order valence-electron chi connectivity index (χ1n) is 7.99. The molecule has 0 spiro atoms. The highest BCUT2D eigenvalue weighted by Crippen LogP contribution is 2.37. The summed E-state index contributed by atoms with van der Waals surface area (Å²) in [5.41, 5.74) is -0.460. The molecule has 0 aliphatic heterocycles. The molecule has 3 rings (SSSR count). The quantitative estimate of drug-likeness (QED) is 0.879. The summed E-state index contributed by atoms with van der Waals surface area (Å²) < 4.78 is 5.22. The molecule has 2 aromatic heterocycles. The maximum atomic E-state index is 12.4. The van der Waals surface area contributed by atoms with E-state index < -0.39 is 5.60 Å². The topological polar surface area (TPSA) is 75.4 Å². The van der Waals surface area contributed by atoms with Crippen molar-refractivity contribution in [2.45, 2.75) is 51.0 Å². The summed E-state index contributed by atoms with van der Waals surface area (Å²) in [5.74, 6) is 0.757. The lowest BCUT2D eigenvalue weighted by Crippen LogP contribution is -2.38. The van der Waals surface area contributed by atoms with Crippen LogP contribution in [0.3, 0.4) is 0 Å². The van der Waals surface area contributed by atoms with Gasteiger partial charge in [0.1, 0.15) is 16.2 Å². The number of hydrogen-bond donors (Lipinski definition) is 2. The molecule has 5 nitrogen and oxygen atoms in total. The number of thiazole rings is 1. The maximum absolute atomic E-state index is 12.4. The van der Waals surface area contributed by atoms with Crippen LogP contribution in [0.15, 0.2) is 22.8 Å². The summed E-state index contributed by atoms with van der Waals surface area (Å²) in [7, 11) is 0. The number of nitrogens with one attached hydrogen (secondary N) is 1. The fourth-order valence-corrected chi connectivity index (χ4v) is 4.13. The first-order valence-corrected chi connectivity index (χ1v) is 8.81. The third kappa shape index (κ3) is 3.48. The van der Waals surface area contributed by atoms with Crippen LogP contribution in [-0.4, -0.2) is 22.5 Å². The van der Waals surface area contributed by atoms with E-state index in [0.717, 1.165) is 10.7 Å². The average Bonchev–Trinajstić information content (AvgIpc) is 3.24. The molecule has 23 heavy (non-hydrogen) atoms. The highest BCUT2D eigenvalue weighted by atomic mass is 32.1. The normalized spacial score (nSPS) is 18.0. The van der Waals surface area contributed by atoms with Crippen molar-refractivity contribution in [3.8, 4) is 0 Å². The Balaban J connectivity index is 1.66. The fraction of sp³-hybridized carbons (Fsp3) is 0.529. The number of aryl methyl sites for hydroxylation is 1. The van der Waals surface area contributed by atoms with Gasteiger partial charge < -0.3 is 14.8 Å². The molecule has 1 aliphatic rings. The van der Waals surface area contributed by atoms with Crippen molar-refractivity contribution >= 4 is 17.2 Å². The first-order chi connectivity index (χ1) is 11.0. The van der Waals surface area contributed by atoms with Gasteiger partial charge in [-0.05, 0) is 38.8 Å². The molecule has 6 heteroatoms. The van der Waals surface area contributed by atoms with Crippen molar-refractivity contribution in [3.63, 3.8) is 0 Å². The predicted octanol–water partition coefficient (Wildman–Crippen LogP) is 3.34. The number of furan rings is 1. The second kappa shape index (κ2) is 6.45. The van der Waals surface area contributed by atoms with Crippen LogP contribution >= 0.6 is 11.3 Å². The zero-order chi connectivity index (χ0) is 16.4. The van der Waals surface area contributed by atoms with Gasteiger partial charge in [0.05, 0.1) is 23.5 Å². The number of carbonyl (C=O) groups excluding carboxylic acids is 1. The molecule has 2 N–H and O–H groups in total. The Kier molecular flexibility index (Phi) is 4.55. The van der Waals surface area contributed by atoms with Crippen molar-refractivity contribution in [1.29, 1.82) is 0 Å². The molecular weight excluding hydrogens is 312 g/mol. The Morgan fingerprint density at radius 2 is 2.26 bits per heavy atom. The first kappa shape index (κ1) is 16.2. The SMILES string of the molecule is Cc1nc(C2CCCC2)sc1C(=O)NCC(C)(O)c1ccco1. The molecule has 1 aliphatic carbocycles. The number of aliphatic hydroxyl groups is 1. The van der Waals surface area contributed by atoms with E-state index in [1.807, 2.05) is 6.92 Å². The number of nitrogens with zero attached hydrogens (tertiary/aromatic N) is 1. The van der Waals surface area contributed by atoms with E-state index in [0.29, 0.717) is 16.6 Å². The van der Waals surface area contributed by atoms with Crippen molar-refractivity contribution in [2.75, 3.05) is 6.54 Å². The average molecular weight is 334 g/mol. The van der Waals surface area contributed by atoms with Crippen LogP contribution in [0.4, 0.5) is 0 Å². The smallest absolute Gasteiger partial charge is 0.263 e. The molecule has 1 amide bonds. The molecule has 0 bridgehead atoms. The van der Waals surface area contributed by atoms with E-state index in [1.54, 1.807) is 19.1 Å². The molecule has 0 aromatic carbocycles. The van der Waals surface area contributed by atoms with Gasteiger partial charge in [-0.25, -0.2) is 4.98 Å². The largest absolute Gasteiger partial charge is 0.466 e. The Morgan fingerprint density at radius 1 is 1.52 bits per heavy atom. The van der Waals surface area contributed by atoms with Gasteiger partial charge in [0.2, 0.25) is 0 Å². The Labute approximate surface area is 139 Å². The van der Waals surface area contributed by atoms with Gasteiger partial charge in [0.25, 0.3) is 5.91 Å². The summed E-state index contributed by atoms with van der Waals surface area (Å²) in [6.07, 6.45) is 6.34. The number of rotatable bonds is 5.